The summed E-state index contributed by atoms with van der Waals surface area (Å²) in [6.45, 7) is 2.77. The molecule has 1 aromatic carbocycles. The van der Waals surface area contributed by atoms with Crippen molar-refractivity contribution in [2.75, 3.05) is 49.8 Å². The molecule has 1 unspecified atom stereocenters. The molecule has 10 nitrogen and oxygen atoms in total. The number of anilines is 2. The molecule has 2 atom stereocenters. The van der Waals surface area contributed by atoms with Crippen LogP contribution < -0.4 is 21.5 Å². The van der Waals surface area contributed by atoms with E-state index in [1.54, 1.807) is 31.6 Å². The highest BCUT2D eigenvalue weighted by molar-refractivity contribution is 5.98. The average Bonchev–Trinajstić information content (AvgIpc) is 3.61. The summed E-state index contributed by atoms with van der Waals surface area (Å²) < 4.78 is 15.9. The lowest BCUT2D eigenvalue weighted by Gasteiger charge is -2.31. The third kappa shape index (κ3) is 3.50. The Morgan fingerprint density at radius 2 is 2.00 bits per heavy atom. The van der Waals surface area contributed by atoms with Crippen molar-refractivity contribution in [3.63, 3.8) is 0 Å². The fourth-order valence-electron chi connectivity index (χ4n) is 6.89. The van der Waals surface area contributed by atoms with Crippen molar-refractivity contribution in [3.05, 3.63) is 69.7 Å². The van der Waals surface area contributed by atoms with E-state index in [9.17, 15) is 19.1 Å². The van der Waals surface area contributed by atoms with E-state index in [1.807, 2.05) is 0 Å². The van der Waals surface area contributed by atoms with Crippen molar-refractivity contribution in [2.24, 2.45) is 5.92 Å². The first-order valence-corrected chi connectivity index (χ1v) is 13.3. The Hall–Kier alpha value is -4.51. The second kappa shape index (κ2) is 8.75. The number of carboxylic acids is 1. The minimum absolute atomic E-state index is 0.107. The Morgan fingerprint density at radius 3 is 2.77 bits per heavy atom. The maximum absolute atomic E-state index is 14.9. The molecular formula is C29H28FN7O3. The third-order valence-electron chi connectivity index (χ3n) is 8.66. The Balaban J connectivity index is 1.50. The molecule has 0 bridgehead atoms. The highest BCUT2D eigenvalue weighted by Crippen LogP contribution is 2.51. The zero-order chi connectivity index (χ0) is 27.9. The molecule has 0 amide bonds. The van der Waals surface area contributed by atoms with Crippen LogP contribution in [0.1, 0.15) is 28.0 Å². The van der Waals surface area contributed by atoms with Gasteiger partial charge in [0.1, 0.15) is 11.4 Å². The number of aromatic carboxylic acids is 1. The van der Waals surface area contributed by atoms with Gasteiger partial charge in [0.05, 0.1) is 16.8 Å². The first-order chi connectivity index (χ1) is 19.2. The second-order valence-corrected chi connectivity index (χ2v) is 11.0. The molecule has 5 heterocycles. The molecule has 7 rings (SSSR count). The molecule has 204 valence electrons. The van der Waals surface area contributed by atoms with Gasteiger partial charge in [0.25, 0.3) is 0 Å². The lowest BCUT2D eigenvalue weighted by Crippen LogP contribution is -2.35. The molecule has 4 N–H and O–H groups in total. The zero-order valence-corrected chi connectivity index (χ0v) is 22.1. The summed E-state index contributed by atoms with van der Waals surface area (Å²) in [6.07, 6.45) is 6.12. The molecule has 4 aromatic rings. The Bertz CT molecular complexity index is 1800. The number of carbonyl (C=O) groups is 1. The van der Waals surface area contributed by atoms with Crippen LogP contribution in [0, 0.1) is 11.7 Å². The van der Waals surface area contributed by atoms with Gasteiger partial charge in [-0.05, 0) is 48.7 Å². The summed E-state index contributed by atoms with van der Waals surface area (Å²) in [7, 11) is 3.91. The van der Waals surface area contributed by atoms with Crippen LogP contribution >= 0.6 is 0 Å². The molecule has 1 aliphatic carbocycles. The number of likely N-dealkylation sites (tertiary alicyclic amines) is 1. The van der Waals surface area contributed by atoms with Crippen LogP contribution in [0.25, 0.3) is 33.3 Å². The number of hydrogen-bond acceptors (Lipinski definition) is 8. The molecule has 2 aliphatic heterocycles. The number of likely N-dealkylation sites (N-methyl/N-ethyl adjacent to an activating group) is 1. The number of nitrogens with two attached hydrogens (primary N) is 1. The number of hydrogen-bond donors (Lipinski definition) is 3. The normalized spacial score (nSPS) is 19.6. The molecule has 11 heteroatoms. The standard InChI is InChI=1S/C29H28FN7O3/c1-32-22-7-16(30)6-18-17(22)8-23-25(18)26(36-4-3-14-11-35(2)13-24(14)36)20(10-33-23)15-5-19-27(38)21(29(39)40)12-37(31)28(19)34-9-15/h5-7,9-10,12,14,24,32H,3-4,8,11,13,31H2,1-2H3,(H,39,40)/t14-,24?/m0/s1. The van der Waals surface area contributed by atoms with Crippen LogP contribution in [0.5, 0.6) is 0 Å². The summed E-state index contributed by atoms with van der Waals surface area (Å²) >= 11 is 0. The number of pyridine rings is 3. The number of nitrogens with one attached hydrogen (secondary N) is 1. The summed E-state index contributed by atoms with van der Waals surface area (Å²) in [4.78, 5) is 38.9. The van der Waals surface area contributed by atoms with Gasteiger partial charge in [0.2, 0.25) is 5.43 Å². The minimum atomic E-state index is -1.36. The molecule has 2 fully saturated rings. The molecule has 40 heavy (non-hydrogen) atoms. The van der Waals surface area contributed by atoms with Crippen LogP contribution in [0.15, 0.2) is 41.6 Å². The minimum Gasteiger partial charge on any atom is -0.477 e. The van der Waals surface area contributed by atoms with E-state index in [1.165, 1.54) is 6.07 Å². The summed E-state index contributed by atoms with van der Waals surface area (Å²) in [5.74, 6) is 4.83. The van der Waals surface area contributed by atoms with Crippen molar-refractivity contribution >= 4 is 28.4 Å². The lowest BCUT2D eigenvalue weighted by atomic mass is 9.96. The Labute approximate surface area is 228 Å². The summed E-state index contributed by atoms with van der Waals surface area (Å²) in [6, 6.07) is 5.01. The van der Waals surface area contributed by atoms with Crippen LogP contribution in [0.4, 0.5) is 15.8 Å². The molecule has 0 saturated carbocycles. The van der Waals surface area contributed by atoms with Gasteiger partial charge in [-0.3, -0.25) is 14.5 Å². The van der Waals surface area contributed by atoms with Crippen LogP contribution in [-0.2, 0) is 6.42 Å². The third-order valence-corrected chi connectivity index (χ3v) is 8.66. The van der Waals surface area contributed by atoms with E-state index in [4.69, 9.17) is 10.8 Å². The topological polar surface area (TPSA) is 130 Å². The predicted molar refractivity (Wildman–Crippen MR) is 151 cm³/mol. The molecule has 3 aromatic heterocycles. The van der Waals surface area contributed by atoms with E-state index in [0.29, 0.717) is 17.9 Å². The van der Waals surface area contributed by atoms with Crippen molar-refractivity contribution in [1.82, 2.24) is 19.5 Å². The fraction of sp³-hybridized carbons (Fsp3) is 0.310. The maximum atomic E-state index is 14.9. The Morgan fingerprint density at radius 1 is 1.18 bits per heavy atom. The van der Waals surface area contributed by atoms with E-state index in [0.717, 1.165) is 76.3 Å². The first-order valence-electron chi connectivity index (χ1n) is 13.3. The highest BCUT2D eigenvalue weighted by Gasteiger charge is 2.43. The smallest absolute Gasteiger partial charge is 0.341 e. The van der Waals surface area contributed by atoms with Crippen LogP contribution in [-0.4, -0.2) is 70.4 Å². The van der Waals surface area contributed by atoms with Crippen molar-refractivity contribution in [2.45, 2.75) is 18.9 Å². The van der Waals surface area contributed by atoms with Gasteiger partial charge in [-0.15, -0.1) is 0 Å². The highest BCUT2D eigenvalue weighted by atomic mass is 19.1. The predicted octanol–water partition coefficient (Wildman–Crippen LogP) is 2.76. The molecular weight excluding hydrogens is 513 g/mol. The van der Waals surface area contributed by atoms with E-state index in [-0.39, 0.29) is 22.9 Å². The van der Waals surface area contributed by atoms with Crippen molar-refractivity contribution < 1.29 is 14.3 Å². The average molecular weight is 542 g/mol. The van der Waals surface area contributed by atoms with Gasteiger partial charge in [0.15, 0.2) is 5.65 Å². The van der Waals surface area contributed by atoms with Crippen molar-refractivity contribution in [1.29, 1.82) is 0 Å². The number of fused-ring (bicyclic) bond motifs is 5. The van der Waals surface area contributed by atoms with E-state index >= 15 is 0 Å². The van der Waals surface area contributed by atoms with Gasteiger partial charge in [-0.1, -0.05) is 0 Å². The second-order valence-electron chi connectivity index (χ2n) is 11.0. The van der Waals surface area contributed by atoms with E-state index < -0.39 is 17.0 Å². The van der Waals surface area contributed by atoms with Crippen LogP contribution in [0.2, 0.25) is 0 Å². The van der Waals surface area contributed by atoms with Crippen molar-refractivity contribution in [3.8, 4) is 22.3 Å². The number of rotatable bonds is 4. The van der Waals surface area contributed by atoms with Gasteiger partial charge >= 0.3 is 5.97 Å². The molecule has 3 aliphatic rings. The zero-order valence-electron chi connectivity index (χ0n) is 22.1. The number of carboxylic acid groups (broad SMARTS) is 1. The number of aromatic nitrogens is 3. The van der Waals surface area contributed by atoms with Gasteiger partial charge in [-0.25, -0.2) is 14.2 Å². The quantitative estimate of drug-likeness (QED) is 0.294. The van der Waals surface area contributed by atoms with Gasteiger partial charge in [0, 0.05) is 80.1 Å². The van der Waals surface area contributed by atoms with E-state index in [2.05, 4.69) is 27.1 Å². The van der Waals surface area contributed by atoms with Crippen LogP contribution in [0.3, 0.4) is 0 Å². The first kappa shape index (κ1) is 24.5. The number of benzene rings is 1. The van der Waals surface area contributed by atoms with Gasteiger partial charge < -0.3 is 26.1 Å². The lowest BCUT2D eigenvalue weighted by molar-refractivity contribution is 0.0695. The largest absolute Gasteiger partial charge is 0.477 e. The summed E-state index contributed by atoms with van der Waals surface area (Å²) in [5.41, 5.74) is 5.73. The molecule has 2 saturated heterocycles. The SMILES string of the molecule is CNc1cc(F)cc2c1Cc1ncc(-c3cnc4c(c3)c(=O)c(C(=O)O)cn4N)c(N3CC[C@H]4CN(C)CC43)c1-2. The molecule has 0 radical (unpaired) electrons. The monoisotopic (exact) mass is 541 g/mol. The number of nitrogens with zero attached hydrogens (tertiary/aromatic N) is 5. The number of halogens is 1. The van der Waals surface area contributed by atoms with Gasteiger partial charge in [-0.2, -0.15) is 0 Å². The Kier molecular flexibility index (Phi) is 5.36. The molecule has 0 spiro atoms. The fourth-order valence-corrected chi connectivity index (χ4v) is 6.89. The maximum Gasteiger partial charge on any atom is 0.341 e. The number of nitrogen functional groups attached to an aromatic ring is 1. The summed E-state index contributed by atoms with van der Waals surface area (Å²) in [5, 5.41) is 12.8.